The van der Waals surface area contributed by atoms with Crippen molar-refractivity contribution in [1.29, 1.82) is 0 Å². The highest BCUT2D eigenvalue weighted by Crippen LogP contribution is 2.37. The van der Waals surface area contributed by atoms with Gasteiger partial charge in [-0.25, -0.2) is 4.39 Å². The molecule has 0 heterocycles. The van der Waals surface area contributed by atoms with Gasteiger partial charge in [-0.2, -0.15) is 0 Å². The Morgan fingerprint density at radius 1 is 0.966 bits per heavy atom. The van der Waals surface area contributed by atoms with E-state index in [1.807, 2.05) is 0 Å². The van der Waals surface area contributed by atoms with Gasteiger partial charge in [-0.1, -0.05) is 56.9 Å². The lowest BCUT2D eigenvalue weighted by molar-refractivity contribution is -0.275. The fourth-order valence-electron chi connectivity index (χ4n) is 4.13. The van der Waals surface area contributed by atoms with E-state index in [4.69, 9.17) is 0 Å². The topological polar surface area (TPSA) is 9.23 Å². The van der Waals surface area contributed by atoms with Crippen molar-refractivity contribution in [2.45, 2.75) is 77.0 Å². The zero-order valence-electron chi connectivity index (χ0n) is 16.8. The molecule has 1 aliphatic rings. The van der Waals surface area contributed by atoms with E-state index in [-0.39, 0.29) is 5.92 Å². The van der Waals surface area contributed by atoms with Crippen LogP contribution in [0.4, 0.5) is 17.6 Å². The summed E-state index contributed by atoms with van der Waals surface area (Å²) in [7, 11) is 0. The van der Waals surface area contributed by atoms with Crippen molar-refractivity contribution < 1.29 is 22.3 Å². The highest BCUT2D eigenvalue weighted by atomic mass is 19.4. The average molecular weight is 408 g/mol. The highest BCUT2D eigenvalue weighted by molar-refractivity contribution is 5.41. The van der Waals surface area contributed by atoms with Gasteiger partial charge in [0.05, 0.1) is 0 Å². The molecule has 0 bridgehead atoms. The largest absolute Gasteiger partial charge is 0.573 e. The predicted octanol–water partition coefficient (Wildman–Crippen LogP) is 7.51. The Bertz CT molecular complexity index is 796. The highest BCUT2D eigenvalue weighted by Gasteiger charge is 2.33. The van der Waals surface area contributed by atoms with E-state index in [0.717, 1.165) is 24.0 Å². The summed E-state index contributed by atoms with van der Waals surface area (Å²) in [6.45, 7) is 2.21. The molecule has 1 atom stereocenters. The molecule has 0 N–H and O–H groups in total. The summed E-state index contributed by atoms with van der Waals surface area (Å²) in [5, 5.41) is 0. The maximum Gasteiger partial charge on any atom is 0.573 e. The minimum Gasteiger partial charge on any atom is -0.403 e. The van der Waals surface area contributed by atoms with Crippen LogP contribution in [0.25, 0.3) is 0 Å². The van der Waals surface area contributed by atoms with Crippen LogP contribution in [0, 0.1) is 5.82 Å². The summed E-state index contributed by atoms with van der Waals surface area (Å²) in [5.41, 5.74) is 4.06. The molecule has 29 heavy (non-hydrogen) atoms. The van der Waals surface area contributed by atoms with Crippen LogP contribution in [0.15, 0.2) is 36.4 Å². The van der Waals surface area contributed by atoms with Gasteiger partial charge in [0.1, 0.15) is 0 Å². The van der Waals surface area contributed by atoms with Crippen molar-refractivity contribution in [2.75, 3.05) is 0 Å². The number of benzene rings is 2. The average Bonchev–Trinajstić information content (AvgIpc) is 2.67. The monoisotopic (exact) mass is 408 g/mol. The first kappa shape index (κ1) is 21.7. The summed E-state index contributed by atoms with van der Waals surface area (Å²) in [6, 6.07) is 11.0. The number of halogens is 4. The van der Waals surface area contributed by atoms with Crippen LogP contribution in [0.5, 0.6) is 5.75 Å². The Hall–Kier alpha value is -2.04. The molecule has 2 aromatic carbocycles. The Labute approximate surface area is 170 Å². The van der Waals surface area contributed by atoms with Gasteiger partial charge in [0.15, 0.2) is 11.6 Å². The van der Waals surface area contributed by atoms with Crippen molar-refractivity contribution >= 4 is 0 Å². The van der Waals surface area contributed by atoms with E-state index >= 15 is 0 Å². The number of aryl methyl sites for hydroxylation is 2. The second-order valence-corrected chi connectivity index (χ2v) is 7.94. The second kappa shape index (κ2) is 9.64. The van der Waals surface area contributed by atoms with E-state index in [1.165, 1.54) is 55.4 Å². The number of hydrogen-bond donors (Lipinski definition) is 0. The summed E-state index contributed by atoms with van der Waals surface area (Å²) in [5.74, 6) is -1.44. The number of fused-ring (bicyclic) bond motifs is 1. The number of ether oxygens (including phenoxy) is 1. The summed E-state index contributed by atoms with van der Waals surface area (Å²) < 4.78 is 55.1. The first-order chi connectivity index (χ1) is 13.9. The van der Waals surface area contributed by atoms with Gasteiger partial charge < -0.3 is 4.74 Å². The number of alkyl halides is 3. The maximum absolute atomic E-state index is 14.1. The van der Waals surface area contributed by atoms with Crippen molar-refractivity contribution in [3.8, 4) is 5.75 Å². The Kier molecular flexibility index (Phi) is 7.20. The number of hydrogen-bond acceptors (Lipinski definition) is 1. The smallest absolute Gasteiger partial charge is 0.403 e. The molecule has 0 aromatic heterocycles. The van der Waals surface area contributed by atoms with Crippen LogP contribution in [-0.2, 0) is 19.3 Å². The molecule has 1 aliphatic carbocycles. The summed E-state index contributed by atoms with van der Waals surface area (Å²) in [6.07, 6.45) is 4.60. The van der Waals surface area contributed by atoms with Crippen LogP contribution < -0.4 is 4.74 Å². The lowest BCUT2D eigenvalue weighted by Gasteiger charge is -2.26. The van der Waals surface area contributed by atoms with E-state index in [2.05, 4.69) is 35.9 Å². The van der Waals surface area contributed by atoms with Gasteiger partial charge in [0.25, 0.3) is 0 Å². The van der Waals surface area contributed by atoms with Crippen molar-refractivity contribution in [2.24, 2.45) is 0 Å². The van der Waals surface area contributed by atoms with Crippen molar-refractivity contribution in [3.63, 3.8) is 0 Å². The fourth-order valence-corrected chi connectivity index (χ4v) is 4.13. The van der Waals surface area contributed by atoms with Gasteiger partial charge in [-0.05, 0) is 72.4 Å². The molecule has 0 fully saturated rings. The second-order valence-electron chi connectivity index (χ2n) is 7.94. The van der Waals surface area contributed by atoms with Gasteiger partial charge >= 0.3 is 6.36 Å². The van der Waals surface area contributed by atoms with Gasteiger partial charge in [-0.3, -0.25) is 0 Å². The van der Waals surface area contributed by atoms with E-state index < -0.39 is 17.9 Å². The molecular formula is C24H28F4O. The zero-order chi connectivity index (χ0) is 20.9. The third kappa shape index (κ3) is 6.22. The minimum atomic E-state index is -4.88. The molecule has 0 saturated carbocycles. The van der Waals surface area contributed by atoms with Crippen LogP contribution in [0.2, 0.25) is 0 Å². The molecule has 2 aromatic rings. The van der Waals surface area contributed by atoms with Crippen LogP contribution in [0.3, 0.4) is 0 Å². The zero-order valence-corrected chi connectivity index (χ0v) is 16.8. The Morgan fingerprint density at radius 3 is 2.38 bits per heavy atom. The third-order valence-corrected chi connectivity index (χ3v) is 5.73. The molecule has 3 rings (SSSR count). The molecule has 0 aliphatic heterocycles. The molecule has 0 saturated heterocycles. The number of unbranched alkanes of at least 4 members (excludes halogenated alkanes) is 4. The van der Waals surface area contributed by atoms with Crippen LogP contribution >= 0.6 is 0 Å². The van der Waals surface area contributed by atoms with Crippen molar-refractivity contribution in [1.82, 2.24) is 0 Å². The normalized spacial score (nSPS) is 16.5. The van der Waals surface area contributed by atoms with Gasteiger partial charge in [-0.15, -0.1) is 13.2 Å². The molecule has 158 valence electrons. The minimum absolute atomic E-state index is 0.259. The Morgan fingerprint density at radius 2 is 1.69 bits per heavy atom. The number of rotatable bonds is 8. The van der Waals surface area contributed by atoms with Gasteiger partial charge in [0.2, 0.25) is 0 Å². The van der Waals surface area contributed by atoms with Gasteiger partial charge in [0, 0.05) is 0 Å². The quantitative estimate of drug-likeness (QED) is 0.324. The SMILES string of the molecule is CCCCCCCc1ccc(C2CCc3cc(OC(F)(F)F)c(F)cc3C2)cc1. The van der Waals surface area contributed by atoms with E-state index in [9.17, 15) is 17.6 Å². The predicted molar refractivity (Wildman–Crippen MR) is 107 cm³/mol. The molecular weight excluding hydrogens is 380 g/mol. The summed E-state index contributed by atoms with van der Waals surface area (Å²) >= 11 is 0. The molecule has 1 nitrogen and oxygen atoms in total. The van der Waals surface area contributed by atoms with E-state index in [1.54, 1.807) is 0 Å². The molecule has 5 heteroatoms. The van der Waals surface area contributed by atoms with Crippen LogP contribution in [-0.4, -0.2) is 6.36 Å². The molecule has 0 radical (unpaired) electrons. The first-order valence-corrected chi connectivity index (χ1v) is 10.5. The van der Waals surface area contributed by atoms with Crippen LogP contribution in [0.1, 0.15) is 73.6 Å². The van der Waals surface area contributed by atoms with Crippen molar-refractivity contribution in [3.05, 3.63) is 64.5 Å². The molecule has 1 unspecified atom stereocenters. The summed E-state index contributed by atoms with van der Waals surface area (Å²) in [4.78, 5) is 0. The van der Waals surface area contributed by atoms with E-state index in [0.29, 0.717) is 12.8 Å². The Balaban J connectivity index is 1.61. The lowest BCUT2D eigenvalue weighted by atomic mass is 9.80. The maximum atomic E-state index is 14.1. The molecule has 0 amide bonds. The first-order valence-electron chi connectivity index (χ1n) is 10.5. The molecule has 0 spiro atoms. The lowest BCUT2D eigenvalue weighted by Crippen LogP contribution is -2.19. The standard InChI is InChI=1S/C24H28F4O/c1-2-3-4-5-6-7-17-8-10-18(11-9-17)19-12-13-20-16-23(29-24(26,27)28)22(25)15-21(20)14-19/h8-11,15-16,19H,2-7,12-14H2,1H3. The fraction of sp³-hybridized carbons (Fsp3) is 0.500. The third-order valence-electron chi connectivity index (χ3n) is 5.73.